The summed E-state index contributed by atoms with van der Waals surface area (Å²) in [5.41, 5.74) is 3.74. The number of carbonyl (C=O) groups excluding carboxylic acids is 1. The van der Waals surface area contributed by atoms with Crippen LogP contribution in [0.15, 0.2) is 55.0 Å². The maximum atomic E-state index is 16.1. The lowest BCUT2D eigenvalue weighted by Gasteiger charge is -2.09. The van der Waals surface area contributed by atoms with Crippen molar-refractivity contribution in [2.24, 2.45) is 5.92 Å². The number of aromatic amines is 2. The van der Waals surface area contributed by atoms with E-state index in [0.29, 0.717) is 50.8 Å². The Balaban J connectivity index is 1.73. The van der Waals surface area contributed by atoms with E-state index in [0.717, 1.165) is 14.9 Å². The Hall–Kier alpha value is -4.44. The molecule has 0 radical (unpaired) electrons. The molecular weight excluding hydrogens is 489 g/mol. The van der Waals surface area contributed by atoms with Gasteiger partial charge in [-0.25, -0.2) is 14.4 Å². The van der Waals surface area contributed by atoms with Crippen molar-refractivity contribution in [1.29, 1.82) is 0 Å². The van der Waals surface area contributed by atoms with E-state index in [-0.39, 0.29) is 17.3 Å². The molecule has 0 spiro atoms. The van der Waals surface area contributed by atoms with E-state index in [1.54, 1.807) is 29.2 Å². The fourth-order valence-electron chi connectivity index (χ4n) is 4.79. The van der Waals surface area contributed by atoms with Gasteiger partial charge in [-0.1, -0.05) is 26.0 Å². The Bertz CT molecular complexity index is 2050. The molecule has 182 valence electrons. The van der Waals surface area contributed by atoms with Crippen LogP contribution < -0.4 is 0 Å². The number of hydrogen-bond donors (Lipinski definition) is 2. The van der Waals surface area contributed by atoms with Gasteiger partial charge in [0, 0.05) is 28.1 Å². The Kier molecular flexibility index (Phi) is 4.74. The largest absolute Gasteiger partial charge is 0.298 e. The smallest absolute Gasteiger partial charge is 0.232 e. The van der Waals surface area contributed by atoms with E-state index in [4.69, 9.17) is 9.97 Å². The molecule has 2 aliphatic heterocycles. The van der Waals surface area contributed by atoms with E-state index >= 15 is 4.39 Å². The predicted octanol–water partition coefficient (Wildman–Crippen LogP) is 6.61. The van der Waals surface area contributed by atoms with Crippen molar-refractivity contribution in [2.75, 3.05) is 0 Å². The number of fused-ring (bicyclic) bond motifs is 9. The fourth-order valence-corrected chi connectivity index (χ4v) is 5.86. The average molecular weight is 510 g/mol. The Morgan fingerprint density at radius 2 is 1.97 bits per heavy atom. The third-order valence-electron chi connectivity index (χ3n) is 6.44. The molecule has 6 heterocycles. The molecule has 8 nitrogen and oxygen atoms in total. The molecule has 0 saturated heterocycles. The minimum atomic E-state index is -0.522. The van der Waals surface area contributed by atoms with Gasteiger partial charge in [-0.05, 0) is 30.2 Å². The number of benzene rings is 1. The number of nitrogens with one attached hydrogen (secondary N) is 2. The number of H-pyrrole nitrogens is 2. The molecular formula is C27H20FN7OS. The Labute approximate surface area is 212 Å². The fraction of sp³-hybridized carbons (Fsp3) is 0.148. The summed E-state index contributed by atoms with van der Waals surface area (Å²) < 4.78 is 18.7. The van der Waals surface area contributed by atoms with Gasteiger partial charge < -0.3 is 0 Å². The molecule has 8 bridgehead atoms. The SMILES string of the molecule is CC(C)CC(=O)n1c2cncc(c2)c2ncc3[nH][nH]c(c4nc5cccc(c6ccc1s6)c5n4)-c3c2F. The minimum Gasteiger partial charge on any atom is -0.298 e. The summed E-state index contributed by atoms with van der Waals surface area (Å²) in [5.74, 6) is -0.423. The van der Waals surface area contributed by atoms with Crippen LogP contribution in [0.2, 0.25) is 0 Å². The summed E-state index contributed by atoms with van der Waals surface area (Å²) in [5, 5.41) is 7.37. The van der Waals surface area contributed by atoms with E-state index in [1.165, 1.54) is 11.3 Å². The van der Waals surface area contributed by atoms with Gasteiger partial charge in [0.1, 0.15) is 16.0 Å². The second-order valence-corrected chi connectivity index (χ2v) is 10.5. The van der Waals surface area contributed by atoms with Crippen LogP contribution >= 0.6 is 11.3 Å². The lowest BCUT2D eigenvalue weighted by molar-refractivity contribution is 0.0897. The zero-order valence-corrected chi connectivity index (χ0v) is 20.7. The van der Waals surface area contributed by atoms with Crippen LogP contribution in [0, 0.1) is 11.7 Å². The standard InChI is InChI=1S/C27H20FN7OS/c1-13(2)8-20(36)35-15-9-14(10-29-11-15)24-23(28)22-18(12-30-24)33-34-26(22)27-31-17-5-3-4-16(25(17)32-27)19-6-7-21(35)37-19/h3-7,9-13,33-34H,8H2,1-2H3. The predicted molar refractivity (Wildman–Crippen MR) is 144 cm³/mol. The van der Waals surface area contributed by atoms with Gasteiger partial charge in [0.15, 0.2) is 11.5 Å². The molecule has 0 aliphatic carbocycles. The van der Waals surface area contributed by atoms with Crippen LogP contribution in [-0.4, -0.2) is 40.6 Å². The summed E-state index contributed by atoms with van der Waals surface area (Å²) in [7, 11) is 0. The molecule has 0 amide bonds. The van der Waals surface area contributed by atoms with Crippen LogP contribution in [0.3, 0.4) is 0 Å². The zero-order valence-electron chi connectivity index (χ0n) is 19.9. The summed E-state index contributed by atoms with van der Waals surface area (Å²) in [4.78, 5) is 32.5. The highest BCUT2D eigenvalue weighted by Crippen LogP contribution is 2.34. The number of rotatable bonds is 2. The van der Waals surface area contributed by atoms with Crippen LogP contribution in [0.4, 0.5) is 4.39 Å². The number of thiophene rings is 1. The Morgan fingerprint density at radius 1 is 1.08 bits per heavy atom. The van der Waals surface area contributed by atoms with Gasteiger partial charge in [0.25, 0.3) is 0 Å². The molecule has 2 aliphatic rings. The van der Waals surface area contributed by atoms with E-state index in [1.807, 2.05) is 44.2 Å². The topological polar surface area (TPSA) is 105 Å². The quantitative estimate of drug-likeness (QED) is 0.273. The first-order chi connectivity index (χ1) is 18.0. The second-order valence-electron chi connectivity index (χ2n) is 9.45. The maximum Gasteiger partial charge on any atom is 0.232 e. The number of para-hydroxylation sites is 1. The van der Waals surface area contributed by atoms with Crippen molar-refractivity contribution in [3.8, 4) is 11.3 Å². The maximum absolute atomic E-state index is 16.1. The normalized spacial score (nSPS) is 12.1. The van der Waals surface area contributed by atoms with Gasteiger partial charge in [-0.2, -0.15) is 0 Å². The minimum absolute atomic E-state index is 0.0633. The lowest BCUT2D eigenvalue weighted by Crippen LogP contribution is -2.13. The van der Waals surface area contributed by atoms with Gasteiger partial charge in [-0.3, -0.25) is 29.5 Å². The number of halogens is 1. The molecule has 1 aromatic carbocycles. The first kappa shape index (κ1) is 21.8. The third-order valence-corrected chi connectivity index (χ3v) is 7.54. The number of aromatic nitrogens is 7. The van der Waals surface area contributed by atoms with E-state index in [9.17, 15) is 4.79 Å². The zero-order chi connectivity index (χ0) is 25.3. The molecule has 0 saturated carbocycles. The molecule has 2 N–H and O–H groups in total. The number of hydrogen-bond acceptors (Lipinski definition) is 6. The molecule has 0 fully saturated rings. The monoisotopic (exact) mass is 509 g/mol. The molecule has 0 unspecified atom stereocenters. The lowest BCUT2D eigenvalue weighted by atomic mass is 10.1. The number of nitrogens with zero attached hydrogens (tertiary/aromatic N) is 5. The van der Waals surface area contributed by atoms with Crippen LogP contribution in [0.1, 0.15) is 25.1 Å². The number of pyridine rings is 2. The van der Waals surface area contributed by atoms with Gasteiger partial charge >= 0.3 is 0 Å². The molecule has 0 atom stereocenters. The highest BCUT2D eigenvalue weighted by molar-refractivity contribution is 7.24. The highest BCUT2D eigenvalue weighted by Gasteiger charge is 2.21. The molecule has 7 rings (SSSR count). The third kappa shape index (κ3) is 3.36. The van der Waals surface area contributed by atoms with Crippen molar-refractivity contribution in [2.45, 2.75) is 20.3 Å². The first-order valence-electron chi connectivity index (χ1n) is 11.9. The van der Waals surface area contributed by atoms with E-state index < -0.39 is 5.82 Å². The summed E-state index contributed by atoms with van der Waals surface area (Å²) in [6.45, 7) is 4.01. The molecule has 10 heteroatoms. The van der Waals surface area contributed by atoms with Crippen molar-refractivity contribution < 1.29 is 9.18 Å². The van der Waals surface area contributed by atoms with Crippen molar-refractivity contribution in [3.63, 3.8) is 0 Å². The molecule has 4 aromatic heterocycles. The van der Waals surface area contributed by atoms with Crippen LogP contribution in [0.5, 0.6) is 0 Å². The van der Waals surface area contributed by atoms with Gasteiger partial charge in [0.05, 0.1) is 40.0 Å². The number of imidazole rings is 1. The van der Waals surface area contributed by atoms with Gasteiger partial charge in [0.2, 0.25) is 5.91 Å². The van der Waals surface area contributed by atoms with Crippen molar-refractivity contribution in [3.05, 3.63) is 60.8 Å². The number of carbonyl (C=O) groups is 1. The average Bonchev–Trinajstić information content (AvgIpc) is 3.61. The summed E-state index contributed by atoms with van der Waals surface area (Å²) in [6, 6.07) is 11.5. The summed E-state index contributed by atoms with van der Waals surface area (Å²) >= 11 is 1.49. The van der Waals surface area contributed by atoms with Crippen molar-refractivity contribution >= 4 is 70.8 Å². The van der Waals surface area contributed by atoms with Gasteiger partial charge in [-0.15, -0.1) is 11.3 Å². The van der Waals surface area contributed by atoms with Crippen LogP contribution in [-0.2, 0) is 0 Å². The molecule has 5 aromatic rings. The summed E-state index contributed by atoms with van der Waals surface area (Å²) in [6.07, 6.45) is 5.10. The molecule has 37 heavy (non-hydrogen) atoms. The van der Waals surface area contributed by atoms with Crippen LogP contribution in [0.25, 0.3) is 64.8 Å². The van der Waals surface area contributed by atoms with E-state index in [2.05, 4.69) is 20.2 Å². The van der Waals surface area contributed by atoms with Crippen molar-refractivity contribution in [1.82, 2.24) is 34.7 Å². The Morgan fingerprint density at radius 3 is 2.84 bits per heavy atom. The highest BCUT2D eigenvalue weighted by atomic mass is 32.1. The second kappa shape index (κ2) is 8.04. The first-order valence-corrected chi connectivity index (χ1v) is 12.7.